The van der Waals surface area contributed by atoms with Gasteiger partial charge in [-0.2, -0.15) is 5.10 Å². The molecule has 8 nitrogen and oxygen atoms in total. The summed E-state index contributed by atoms with van der Waals surface area (Å²) in [6, 6.07) is 6.74. The second-order valence-corrected chi connectivity index (χ2v) is 6.53. The summed E-state index contributed by atoms with van der Waals surface area (Å²) in [5.74, 6) is -1.21. The second-order valence-electron chi connectivity index (χ2n) is 6.53. The van der Waals surface area contributed by atoms with Crippen molar-refractivity contribution in [3.8, 4) is 5.88 Å². The number of rotatable bonds is 7. The quantitative estimate of drug-likeness (QED) is 0.623. The Kier molecular flexibility index (Phi) is 6.41. The van der Waals surface area contributed by atoms with E-state index in [0.29, 0.717) is 5.88 Å². The molecule has 0 bridgehead atoms. The Morgan fingerprint density at radius 2 is 1.93 bits per heavy atom. The lowest BCUT2D eigenvalue weighted by Crippen LogP contribution is -2.23. The van der Waals surface area contributed by atoms with Crippen LogP contribution in [-0.4, -0.2) is 33.7 Å². The number of benzene rings is 1. The lowest BCUT2D eigenvalue weighted by Gasteiger charge is -2.09. The molecule has 2 N–H and O–H groups in total. The summed E-state index contributed by atoms with van der Waals surface area (Å²) in [6.07, 6.45) is 3.04. The molecule has 2 amide bonds. The summed E-state index contributed by atoms with van der Waals surface area (Å²) < 4.78 is 20.8. The number of carbonyl (C=O) groups excluding carboxylic acids is 2. The van der Waals surface area contributed by atoms with Gasteiger partial charge in [0.15, 0.2) is 0 Å². The topological polar surface area (TPSA) is 98.1 Å². The van der Waals surface area contributed by atoms with E-state index < -0.39 is 17.6 Å². The summed E-state index contributed by atoms with van der Waals surface area (Å²) in [5, 5.41) is 9.55. The number of halogens is 1. The molecule has 2 heterocycles. The molecule has 0 fully saturated rings. The predicted octanol–water partition coefficient (Wildman–Crippen LogP) is 2.94. The Morgan fingerprint density at radius 1 is 1.13 bits per heavy atom. The first-order chi connectivity index (χ1) is 14.4. The van der Waals surface area contributed by atoms with E-state index >= 15 is 0 Å². The molecular weight excluding hydrogens is 389 g/mol. The van der Waals surface area contributed by atoms with Crippen molar-refractivity contribution in [2.24, 2.45) is 0 Å². The van der Waals surface area contributed by atoms with Crippen LogP contribution in [0.2, 0.25) is 0 Å². The van der Waals surface area contributed by atoms with Crippen molar-refractivity contribution in [3.05, 3.63) is 70.9 Å². The molecule has 0 aliphatic carbocycles. The van der Waals surface area contributed by atoms with Crippen LogP contribution in [-0.2, 0) is 13.1 Å². The Labute approximate surface area is 173 Å². The first-order valence-electron chi connectivity index (χ1n) is 9.32. The minimum Gasteiger partial charge on any atom is -0.481 e. The summed E-state index contributed by atoms with van der Waals surface area (Å²) in [4.78, 5) is 28.8. The van der Waals surface area contributed by atoms with Crippen LogP contribution in [0.15, 0.2) is 42.7 Å². The van der Waals surface area contributed by atoms with Gasteiger partial charge in [0.1, 0.15) is 5.82 Å². The summed E-state index contributed by atoms with van der Waals surface area (Å²) in [5.41, 5.74) is 2.37. The van der Waals surface area contributed by atoms with Gasteiger partial charge in [-0.05, 0) is 38.1 Å². The molecule has 0 saturated heterocycles. The van der Waals surface area contributed by atoms with Crippen LogP contribution in [0.25, 0.3) is 0 Å². The fourth-order valence-electron chi connectivity index (χ4n) is 2.89. The Morgan fingerprint density at radius 3 is 2.57 bits per heavy atom. The van der Waals surface area contributed by atoms with Gasteiger partial charge in [-0.3, -0.25) is 14.3 Å². The third-order valence-electron chi connectivity index (χ3n) is 4.57. The van der Waals surface area contributed by atoms with Crippen LogP contribution in [0, 0.1) is 12.7 Å². The third kappa shape index (κ3) is 4.80. The van der Waals surface area contributed by atoms with E-state index in [0.717, 1.165) is 29.9 Å². The molecule has 0 saturated carbocycles. The Balaban J connectivity index is 1.69. The van der Waals surface area contributed by atoms with E-state index in [9.17, 15) is 14.0 Å². The number of pyridine rings is 1. The van der Waals surface area contributed by atoms with Gasteiger partial charge in [0.25, 0.3) is 11.8 Å². The number of carbonyl (C=O) groups is 2. The average Bonchev–Trinajstić information content (AvgIpc) is 3.11. The van der Waals surface area contributed by atoms with Crippen molar-refractivity contribution in [1.82, 2.24) is 20.1 Å². The minimum absolute atomic E-state index is 0.0960. The number of amides is 2. The number of methoxy groups -OCH3 is 1. The van der Waals surface area contributed by atoms with Crippen LogP contribution < -0.4 is 15.4 Å². The molecular formula is C21H22FN5O3. The van der Waals surface area contributed by atoms with Crippen molar-refractivity contribution in [2.75, 3.05) is 12.4 Å². The molecule has 0 aliphatic rings. The van der Waals surface area contributed by atoms with Crippen LogP contribution in [0.5, 0.6) is 5.88 Å². The fourth-order valence-corrected chi connectivity index (χ4v) is 2.89. The molecule has 30 heavy (non-hydrogen) atoms. The van der Waals surface area contributed by atoms with Crippen molar-refractivity contribution in [3.63, 3.8) is 0 Å². The first kappa shape index (κ1) is 21.0. The number of nitrogens with zero attached hydrogens (tertiary/aromatic N) is 3. The minimum atomic E-state index is -0.638. The maximum Gasteiger partial charge on any atom is 0.257 e. The van der Waals surface area contributed by atoms with E-state index in [1.807, 2.05) is 18.5 Å². The van der Waals surface area contributed by atoms with Crippen molar-refractivity contribution in [1.29, 1.82) is 0 Å². The SMILES string of the molecule is CCn1ncc(CNC(=O)c2cc(F)cc(NC(=O)c3ccc(OC)nc3)c2)c1C. The van der Waals surface area contributed by atoms with Gasteiger partial charge in [-0.25, -0.2) is 9.37 Å². The number of aromatic nitrogens is 3. The zero-order valence-corrected chi connectivity index (χ0v) is 16.9. The van der Waals surface area contributed by atoms with E-state index in [1.165, 1.54) is 25.4 Å². The van der Waals surface area contributed by atoms with E-state index in [1.54, 1.807) is 12.3 Å². The molecule has 3 rings (SSSR count). The van der Waals surface area contributed by atoms with Crippen molar-refractivity contribution >= 4 is 17.5 Å². The fraction of sp³-hybridized carbons (Fsp3) is 0.238. The molecule has 156 valence electrons. The average molecular weight is 411 g/mol. The van der Waals surface area contributed by atoms with E-state index in [4.69, 9.17) is 4.74 Å². The zero-order valence-electron chi connectivity index (χ0n) is 16.9. The number of aryl methyl sites for hydroxylation is 1. The highest BCUT2D eigenvalue weighted by molar-refractivity contribution is 6.05. The molecule has 9 heteroatoms. The summed E-state index contributed by atoms with van der Waals surface area (Å²) >= 11 is 0. The predicted molar refractivity (Wildman–Crippen MR) is 109 cm³/mol. The third-order valence-corrected chi connectivity index (χ3v) is 4.57. The lowest BCUT2D eigenvalue weighted by atomic mass is 10.1. The van der Waals surface area contributed by atoms with Gasteiger partial charge in [0.2, 0.25) is 5.88 Å². The van der Waals surface area contributed by atoms with Gasteiger partial charge in [-0.1, -0.05) is 0 Å². The highest BCUT2D eigenvalue weighted by Gasteiger charge is 2.13. The summed E-state index contributed by atoms with van der Waals surface area (Å²) in [7, 11) is 1.47. The summed E-state index contributed by atoms with van der Waals surface area (Å²) in [6.45, 7) is 4.89. The number of hydrogen-bond donors (Lipinski definition) is 2. The van der Waals surface area contributed by atoms with Gasteiger partial charge < -0.3 is 15.4 Å². The van der Waals surface area contributed by atoms with Gasteiger partial charge in [-0.15, -0.1) is 0 Å². The first-order valence-corrected chi connectivity index (χ1v) is 9.32. The largest absolute Gasteiger partial charge is 0.481 e. The van der Waals surface area contributed by atoms with E-state index in [2.05, 4.69) is 20.7 Å². The second kappa shape index (κ2) is 9.17. The molecule has 0 spiro atoms. The van der Waals surface area contributed by atoms with Gasteiger partial charge >= 0.3 is 0 Å². The molecule has 0 unspecified atom stereocenters. The van der Waals surface area contributed by atoms with Crippen LogP contribution >= 0.6 is 0 Å². The Hall–Kier alpha value is -3.75. The van der Waals surface area contributed by atoms with Crippen molar-refractivity contribution in [2.45, 2.75) is 26.9 Å². The zero-order chi connectivity index (χ0) is 21.7. The van der Waals surface area contributed by atoms with Gasteiger partial charge in [0, 0.05) is 47.9 Å². The molecule has 2 aromatic heterocycles. The molecule has 0 aliphatic heterocycles. The maximum atomic E-state index is 14.0. The number of ether oxygens (including phenoxy) is 1. The lowest BCUT2D eigenvalue weighted by molar-refractivity contribution is 0.0949. The highest BCUT2D eigenvalue weighted by atomic mass is 19.1. The molecule has 1 aromatic carbocycles. The number of anilines is 1. The standard InChI is InChI=1S/C21H22FN5O3/c1-4-27-13(2)16(12-25-27)11-24-20(28)15-7-17(22)9-18(8-15)26-21(29)14-5-6-19(30-3)23-10-14/h5-10,12H,4,11H2,1-3H3,(H,24,28)(H,26,29). The molecule has 0 radical (unpaired) electrons. The normalized spacial score (nSPS) is 10.5. The van der Waals surface area contributed by atoms with E-state index in [-0.39, 0.29) is 23.4 Å². The maximum absolute atomic E-state index is 14.0. The number of hydrogen-bond acceptors (Lipinski definition) is 5. The van der Waals surface area contributed by atoms with Crippen LogP contribution in [0.4, 0.5) is 10.1 Å². The monoisotopic (exact) mass is 411 g/mol. The molecule has 3 aromatic rings. The molecule has 0 atom stereocenters. The Bertz CT molecular complexity index is 1060. The smallest absolute Gasteiger partial charge is 0.257 e. The van der Waals surface area contributed by atoms with Gasteiger partial charge in [0.05, 0.1) is 18.9 Å². The van der Waals surface area contributed by atoms with Crippen molar-refractivity contribution < 1.29 is 18.7 Å². The number of nitrogens with one attached hydrogen (secondary N) is 2. The van der Waals surface area contributed by atoms with Crippen LogP contribution in [0.1, 0.15) is 38.9 Å². The highest BCUT2D eigenvalue weighted by Crippen LogP contribution is 2.16. The van der Waals surface area contributed by atoms with Crippen LogP contribution in [0.3, 0.4) is 0 Å².